The number of unbranched alkanes of at least 4 members (excludes halogenated alkanes) is 1. The number of nitrogens with one attached hydrogen (secondary N) is 1. The Balaban J connectivity index is 1.87. The lowest BCUT2D eigenvalue weighted by molar-refractivity contribution is 0.889. The highest BCUT2D eigenvalue weighted by molar-refractivity contribution is 7.99. The molecule has 2 rings (SSSR count). The van der Waals surface area contributed by atoms with Crippen LogP contribution in [-0.4, -0.2) is 20.9 Å². The first-order valence-corrected chi connectivity index (χ1v) is 7.31. The zero-order valence-corrected chi connectivity index (χ0v) is 10.9. The van der Waals surface area contributed by atoms with E-state index in [2.05, 4.69) is 39.6 Å². The van der Waals surface area contributed by atoms with Crippen LogP contribution >= 0.6 is 23.1 Å². The monoisotopic (exact) mass is 253 g/mol. The van der Waals surface area contributed by atoms with Crippen LogP contribution in [0, 0.1) is 0 Å². The van der Waals surface area contributed by atoms with E-state index in [1.165, 1.54) is 17.7 Å². The molecule has 86 valence electrons. The van der Waals surface area contributed by atoms with Crippen molar-refractivity contribution in [3.8, 4) is 0 Å². The summed E-state index contributed by atoms with van der Waals surface area (Å²) in [5, 5.41) is 10.2. The Morgan fingerprint density at radius 3 is 3.19 bits per heavy atom. The molecule has 5 heteroatoms. The van der Waals surface area contributed by atoms with E-state index in [4.69, 9.17) is 0 Å². The normalized spacial score (nSPS) is 10.8. The Morgan fingerprint density at radius 2 is 2.44 bits per heavy atom. The minimum atomic E-state index is 0.860. The number of hydrogen-bond donors (Lipinski definition) is 1. The molecule has 3 nitrogen and oxygen atoms in total. The second kappa shape index (κ2) is 6.06. The molecule has 0 spiro atoms. The van der Waals surface area contributed by atoms with Gasteiger partial charge in [0.25, 0.3) is 0 Å². The third-order valence-electron chi connectivity index (χ3n) is 2.16. The first-order chi connectivity index (χ1) is 7.88. The largest absolute Gasteiger partial charge is 0.262 e. The van der Waals surface area contributed by atoms with E-state index < -0.39 is 0 Å². The molecule has 0 saturated carbocycles. The summed E-state index contributed by atoms with van der Waals surface area (Å²) >= 11 is 3.48. The van der Waals surface area contributed by atoms with Crippen molar-refractivity contribution in [1.82, 2.24) is 15.2 Å². The van der Waals surface area contributed by atoms with Crippen LogP contribution in [0.2, 0.25) is 0 Å². The van der Waals surface area contributed by atoms with E-state index in [1.807, 2.05) is 0 Å². The second-order valence-electron chi connectivity index (χ2n) is 3.52. The smallest absolute Gasteiger partial charge is 0.208 e. The van der Waals surface area contributed by atoms with Crippen molar-refractivity contribution in [3.05, 3.63) is 28.2 Å². The molecule has 2 aromatic rings. The standard InChI is InChI=1S/C11H15N3S2/c1-2-3-6-16-11-12-10(13-14-11)8-9-5-4-7-15-9/h4-5,7H,2-3,6,8H2,1H3,(H,12,13,14). The highest BCUT2D eigenvalue weighted by atomic mass is 32.2. The molecule has 2 heterocycles. The van der Waals surface area contributed by atoms with Crippen LogP contribution in [-0.2, 0) is 6.42 Å². The molecule has 0 fully saturated rings. The quantitative estimate of drug-likeness (QED) is 0.634. The predicted octanol–water partition coefficient (Wildman–Crippen LogP) is 3.35. The Bertz CT molecular complexity index is 409. The van der Waals surface area contributed by atoms with E-state index in [0.29, 0.717) is 0 Å². The Kier molecular flexibility index (Phi) is 4.42. The molecule has 0 bridgehead atoms. The molecular weight excluding hydrogens is 238 g/mol. The van der Waals surface area contributed by atoms with E-state index in [0.717, 1.165) is 23.2 Å². The van der Waals surface area contributed by atoms with Gasteiger partial charge in [-0.2, -0.15) is 0 Å². The van der Waals surface area contributed by atoms with Crippen molar-refractivity contribution < 1.29 is 0 Å². The number of hydrogen-bond acceptors (Lipinski definition) is 4. The van der Waals surface area contributed by atoms with Crippen LogP contribution in [0.15, 0.2) is 22.7 Å². The van der Waals surface area contributed by atoms with Gasteiger partial charge in [-0.1, -0.05) is 31.2 Å². The van der Waals surface area contributed by atoms with Gasteiger partial charge in [0.05, 0.1) is 0 Å². The number of nitrogens with zero attached hydrogens (tertiary/aromatic N) is 2. The third-order valence-corrected chi connectivity index (χ3v) is 3.97. The summed E-state index contributed by atoms with van der Waals surface area (Å²) in [5.74, 6) is 2.06. The maximum absolute atomic E-state index is 4.46. The highest BCUT2D eigenvalue weighted by Crippen LogP contribution is 2.17. The van der Waals surface area contributed by atoms with Crippen molar-refractivity contribution in [3.63, 3.8) is 0 Å². The van der Waals surface area contributed by atoms with Gasteiger partial charge in [0, 0.05) is 17.1 Å². The summed E-state index contributed by atoms with van der Waals surface area (Å²) in [6, 6.07) is 4.18. The molecule has 0 aromatic carbocycles. The average molecular weight is 253 g/mol. The highest BCUT2D eigenvalue weighted by Gasteiger charge is 2.04. The van der Waals surface area contributed by atoms with Crippen molar-refractivity contribution in [2.75, 3.05) is 5.75 Å². The lowest BCUT2D eigenvalue weighted by Crippen LogP contribution is -1.87. The fourth-order valence-corrected chi connectivity index (χ4v) is 2.92. The fraction of sp³-hybridized carbons (Fsp3) is 0.455. The molecule has 0 aliphatic heterocycles. The number of thioether (sulfide) groups is 1. The zero-order chi connectivity index (χ0) is 11.2. The number of thiophene rings is 1. The maximum Gasteiger partial charge on any atom is 0.208 e. The van der Waals surface area contributed by atoms with Gasteiger partial charge in [-0.3, -0.25) is 5.10 Å². The Morgan fingerprint density at radius 1 is 1.50 bits per heavy atom. The second-order valence-corrected chi connectivity index (χ2v) is 5.62. The SMILES string of the molecule is CCCCSc1n[nH]c(Cc2cccs2)n1. The minimum Gasteiger partial charge on any atom is -0.262 e. The summed E-state index contributed by atoms with van der Waals surface area (Å²) in [4.78, 5) is 5.78. The van der Waals surface area contributed by atoms with Crippen LogP contribution in [0.4, 0.5) is 0 Å². The van der Waals surface area contributed by atoms with Gasteiger partial charge in [-0.15, -0.1) is 16.4 Å². The summed E-state index contributed by atoms with van der Waals surface area (Å²) < 4.78 is 0. The molecule has 0 saturated heterocycles. The molecular formula is C11H15N3S2. The molecule has 0 atom stereocenters. The third kappa shape index (κ3) is 3.35. The van der Waals surface area contributed by atoms with Crippen molar-refractivity contribution >= 4 is 23.1 Å². The Hall–Kier alpha value is -0.810. The molecule has 2 aromatic heterocycles. The molecule has 0 unspecified atom stereocenters. The fourth-order valence-electron chi connectivity index (χ4n) is 1.31. The van der Waals surface area contributed by atoms with Gasteiger partial charge in [-0.05, 0) is 17.9 Å². The van der Waals surface area contributed by atoms with E-state index in [9.17, 15) is 0 Å². The average Bonchev–Trinajstić information content (AvgIpc) is 2.91. The lowest BCUT2D eigenvalue weighted by atomic mass is 10.3. The first-order valence-electron chi connectivity index (χ1n) is 5.45. The van der Waals surface area contributed by atoms with Gasteiger partial charge in [0.2, 0.25) is 5.16 Å². The van der Waals surface area contributed by atoms with Gasteiger partial charge in [0.1, 0.15) is 5.82 Å². The van der Waals surface area contributed by atoms with Gasteiger partial charge in [-0.25, -0.2) is 4.98 Å². The van der Waals surface area contributed by atoms with E-state index in [-0.39, 0.29) is 0 Å². The van der Waals surface area contributed by atoms with Crippen molar-refractivity contribution in [2.24, 2.45) is 0 Å². The van der Waals surface area contributed by atoms with Gasteiger partial charge in [0.15, 0.2) is 0 Å². The molecule has 0 aliphatic carbocycles. The van der Waals surface area contributed by atoms with E-state index >= 15 is 0 Å². The molecule has 0 aliphatic rings. The van der Waals surface area contributed by atoms with Gasteiger partial charge >= 0.3 is 0 Å². The topological polar surface area (TPSA) is 41.6 Å². The van der Waals surface area contributed by atoms with Crippen molar-refractivity contribution in [1.29, 1.82) is 0 Å². The zero-order valence-electron chi connectivity index (χ0n) is 9.27. The number of rotatable bonds is 6. The predicted molar refractivity (Wildman–Crippen MR) is 69.1 cm³/mol. The van der Waals surface area contributed by atoms with Crippen LogP contribution in [0.1, 0.15) is 30.5 Å². The number of aromatic nitrogens is 3. The van der Waals surface area contributed by atoms with Gasteiger partial charge < -0.3 is 0 Å². The molecule has 1 N–H and O–H groups in total. The maximum atomic E-state index is 4.46. The number of H-pyrrole nitrogens is 1. The minimum absolute atomic E-state index is 0.860. The lowest BCUT2D eigenvalue weighted by Gasteiger charge is -1.92. The molecule has 0 radical (unpaired) electrons. The summed E-state index contributed by atoms with van der Waals surface area (Å²) in [6.07, 6.45) is 3.30. The summed E-state index contributed by atoms with van der Waals surface area (Å²) in [6.45, 7) is 2.20. The number of aromatic amines is 1. The van der Waals surface area contributed by atoms with Crippen LogP contribution in [0.25, 0.3) is 0 Å². The summed E-state index contributed by atoms with van der Waals surface area (Å²) in [7, 11) is 0. The van der Waals surface area contributed by atoms with E-state index in [1.54, 1.807) is 23.1 Å². The summed E-state index contributed by atoms with van der Waals surface area (Å²) in [5.41, 5.74) is 0. The Labute approximate surface area is 104 Å². The molecule has 0 amide bonds. The van der Waals surface area contributed by atoms with Crippen LogP contribution < -0.4 is 0 Å². The first kappa shape index (κ1) is 11.7. The van der Waals surface area contributed by atoms with Crippen LogP contribution in [0.3, 0.4) is 0 Å². The van der Waals surface area contributed by atoms with Crippen molar-refractivity contribution in [2.45, 2.75) is 31.3 Å². The van der Waals surface area contributed by atoms with Crippen LogP contribution in [0.5, 0.6) is 0 Å². The molecule has 16 heavy (non-hydrogen) atoms.